The molecule has 6 heteroatoms. The number of nitrogen functional groups attached to an aromatic ring is 1. The van der Waals surface area contributed by atoms with E-state index in [1.165, 1.54) is 0 Å². The molecule has 0 aliphatic heterocycles. The number of hydrogen-bond acceptors (Lipinski definition) is 3. The average molecular weight is 321 g/mol. The molecule has 0 aliphatic rings. The quantitative estimate of drug-likeness (QED) is 0.792. The Balaban J connectivity index is 2.47. The first kappa shape index (κ1) is 9.72. The lowest BCUT2D eigenvalue weighted by molar-refractivity contribution is 1.10. The summed E-state index contributed by atoms with van der Waals surface area (Å²) in [4.78, 5) is 4.00. The summed E-state index contributed by atoms with van der Waals surface area (Å²) in [5, 5.41) is 7.16. The van der Waals surface area contributed by atoms with E-state index >= 15 is 0 Å². The van der Waals surface area contributed by atoms with Gasteiger partial charge in [0, 0.05) is 9.13 Å². The molecule has 0 aliphatic carbocycles. The average Bonchev–Trinajstić information content (AvgIpc) is 2.57. The van der Waals surface area contributed by atoms with Gasteiger partial charge in [-0.25, -0.2) is 0 Å². The van der Waals surface area contributed by atoms with Crippen LogP contribution in [0.15, 0.2) is 18.2 Å². The maximum atomic E-state index is 5.97. The van der Waals surface area contributed by atoms with Crippen molar-refractivity contribution in [1.82, 2.24) is 15.2 Å². The number of anilines is 1. The summed E-state index contributed by atoms with van der Waals surface area (Å²) in [5.41, 5.74) is 6.27. The molecule has 0 atom stereocenters. The van der Waals surface area contributed by atoms with E-state index < -0.39 is 0 Å². The van der Waals surface area contributed by atoms with Gasteiger partial charge >= 0.3 is 0 Å². The van der Waals surface area contributed by atoms with E-state index in [1.807, 2.05) is 18.2 Å². The maximum absolute atomic E-state index is 5.97. The van der Waals surface area contributed by atoms with Crippen molar-refractivity contribution in [3.63, 3.8) is 0 Å². The number of benzene rings is 1. The number of nitrogens with zero attached hydrogens (tertiary/aromatic N) is 2. The highest BCUT2D eigenvalue weighted by atomic mass is 127. The number of aromatic amines is 1. The molecular weight excluding hydrogens is 314 g/mol. The minimum Gasteiger partial charge on any atom is -0.366 e. The number of nitrogens with one attached hydrogen (secondary N) is 1. The third-order valence-electron chi connectivity index (χ3n) is 1.70. The Hall–Kier alpha value is -0.820. The molecule has 0 spiro atoms. The van der Waals surface area contributed by atoms with Gasteiger partial charge in [0.2, 0.25) is 5.95 Å². The van der Waals surface area contributed by atoms with Crippen LogP contribution in [0.5, 0.6) is 0 Å². The third kappa shape index (κ3) is 1.83. The van der Waals surface area contributed by atoms with E-state index in [1.54, 1.807) is 0 Å². The summed E-state index contributed by atoms with van der Waals surface area (Å²) in [6.07, 6.45) is 0. The second kappa shape index (κ2) is 3.74. The molecule has 0 bridgehead atoms. The number of H-pyrrole nitrogens is 1. The number of hydrogen-bond donors (Lipinski definition) is 2. The van der Waals surface area contributed by atoms with Gasteiger partial charge in [0.05, 0.1) is 5.02 Å². The number of nitrogens with two attached hydrogens (primary N) is 1. The van der Waals surface area contributed by atoms with Crippen LogP contribution in [0.2, 0.25) is 5.02 Å². The minimum absolute atomic E-state index is 0.231. The van der Waals surface area contributed by atoms with Crippen molar-refractivity contribution in [2.24, 2.45) is 0 Å². The van der Waals surface area contributed by atoms with Crippen LogP contribution in [0.25, 0.3) is 11.4 Å². The van der Waals surface area contributed by atoms with Crippen molar-refractivity contribution in [3.8, 4) is 11.4 Å². The van der Waals surface area contributed by atoms with Gasteiger partial charge in [-0.15, -0.1) is 5.10 Å². The number of aromatic nitrogens is 3. The first-order valence-electron chi connectivity index (χ1n) is 3.80. The fourth-order valence-electron chi connectivity index (χ4n) is 1.05. The molecule has 0 amide bonds. The molecule has 2 aromatic rings. The number of rotatable bonds is 1. The molecule has 4 nitrogen and oxygen atoms in total. The monoisotopic (exact) mass is 320 g/mol. The summed E-state index contributed by atoms with van der Waals surface area (Å²) < 4.78 is 1.00. The smallest absolute Gasteiger partial charge is 0.239 e. The van der Waals surface area contributed by atoms with Crippen molar-refractivity contribution in [2.45, 2.75) is 0 Å². The van der Waals surface area contributed by atoms with Crippen LogP contribution < -0.4 is 5.73 Å². The molecule has 2 rings (SSSR count). The van der Waals surface area contributed by atoms with E-state index in [4.69, 9.17) is 17.3 Å². The van der Waals surface area contributed by atoms with Crippen molar-refractivity contribution >= 4 is 40.1 Å². The molecule has 1 heterocycles. The lowest BCUT2D eigenvalue weighted by atomic mass is 10.2. The van der Waals surface area contributed by atoms with Crippen LogP contribution in [-0.2, 0) is 0 Å². The van der Waals surface area contributed by atoms with Gasteiger partial charge in [-0.05, 0) is 34.7 Å². The summed E-state index contributed by atoms with van der Waals surface area (Å²) in [6.45, 7) is 0. The van der Waals surface area contributed by atoms with Gasteiger partial charge in [0.15, 0.2) is 5.82 Å². The molecule has 0 radical (unpaired) electrons. The molecule has 14 heavy (non-hydrogen) atoms. The molecule has 0 fully saturated rings. The standard InChI is InChI=1S/C8H6ClIN4/c9-5-3-4(1-2-6(5)10)7-12-8(11)14-13-7/h1-3H,(H3,11,12,13,14). The second-order valence-electron chi connectivity index (χ2n) is 2.67. The van der Waals surface area contributed by atoms with Crippen LogP contribution in [-0.4, -0.2) is 15.2 Å². The lowest BCUT2D eigenvalue weighted by Gasteiger charge is -1.98. The van der Waals surface area contributed by atoms with Gasteiger partial charge in [-0.3, -0.25) is 5.10 Å². The Morgan fingerprint density at radius 2 is 2.21 bits per heavy atom. The first-order valence-corrected chi connectivity index (χ1v) is 5.26. The molecule has 0 saturated carbocycles. The molecule has 1 aromatic heterocycles. The summed E-state index contributed by atoms with van der Waals surface area (Å²) in [6, 6.07) is 5.65. The van der Waals surface area contributed by atoms with Gasteiger partial charge in [0.25, 0.3) is 0 Å². The van der Waals surface area contributed by atoms with Crippen LogP contribution in [0, 0.1) is 3.57 Å². The van der Waals surface area contributed by atoms with Gasteiger partial charge in [0.1, 0.15) is 0 Å². The number of halogens is 2. The molecule has 1 aromatic carbocycles. The lowest BCUT2D eigenvalue weighted by Crippen LogP contribution is -1.85. The minimum atomic E-state index is 0.231. The first-order chi connectivity index (χ1) is 6.66. The highest BCUT2D eigenvalue weighted by Gasteiger charge is 2.05. The Labute approximate surface area is 99.0 Å². The van der Waals surface area contributed by atoms with Crippen LogP contribution in [0.3, 0.4) is 0 Å². The van der Waals surface area contributed by atoms with Crippen molar-refractivity contribution in [3.05, 3.63) is 26.8 Å². The molecule has 0 unspecified atom stereocenters. The fraction of sp³-hybridized carbons (Fsp3) is 0. The van der Waals surface area contributed by atoms with Gasteiger partial charge < -0.3 is 5.73 Å². The van der Waals surface area contributed by atoms with Crippen molar-refractivity contribution in [2.75, 3.05) is 5.73 Å². The van der Waals surface area contributed by atoms with E-state index in [9.17, 15) is 0 Å². The Morgan fingerprint density at radius 1 is 1.43 bits per heavy atom. The van der Waals surface area contributed by atoms with E-state index in [2.05, 4.69) is 37.8 Å². The molecule has 0 saturated heterocycles. The predicted molar refractivity (Wildman–Crippen MR) is 64.0 cm³/mol. The zero-order valence-corrected chi connectivity index (χ0v) is 9.87. The van der Waals surface area contributed by atoms with E-state index in [0.29, 0.717) is 10.8 Å². The van der Waals surface area contributed by atoms with Crippen molar-refractivity contribution < 1.29 is 0 Å². The Bertz CT molecular complexity index is 468. The second-order valence-corrected chi connectivity index (χ2v) is 4.24. The van der Waals surface area contributed by atoms with Crippen LogP contribution in [0.1, 0.15) is 0 Å². The molecule has 3 N–H and O–H groups in total. The largest absolute Gasteiger partial charge is 0.366 e. The highest BCUT2D eigenvalue weighted by molar-refractivity contribution is 14.1. The van der Waals surface area contributed by atoms with Gasteiger partial charge in [-0.2, -0.15) is 4.98 Å². The Morgan fingerprint density at radius 3 is 2.79 bits per heavy atom. The van der Waals surface area contributed by atoms with E-state index in [0.717, 1.165) is 9.13 Å². The van der Waals surface area contributed by atoms with Crippen molar-refractivity contribution in [1.29, 1.82) is 0 Å². The van der Waals surface area contributed by atoms with Gasteiger partial charge in [-0.1, -0.05) is 17.7 Å². The van der Waals surface area contributed by atoms with Crippen LogP contribution in [0.4, 0.5) is 5.95 Å². The zero-order chi connectivity index (χ0) is 10.1. The Kier molecular flexibility index (Phi) is 2.60. The summed E-state index contributed by atoms with van der Waals surface area (Å²) in [5.74, 6) is 0.857. The molecule has 72 valence electrons. The SMILES string of the molecule is Nc1n[nH]c(-c2ccc(I)c(Cl)c2)n1. The van der Waals surface area contributed by atoms with E-state index in [-0.39, 0.29) is 5.95 Å². The maximum Gasteiger partial charge on any atom is 0.239 e. The van der Waals surface area contributed by atoms with Crippen LogP contribution >= 0.6 is 34.2 Å². The predicted octanol–water partition coefficient (Wildman–Crippen LogP) is 2.31. The fourth-order valence-corrected chi connectivity index (χ4v) is 1.56. The summed E-state index contributed by atoms with van der Waals surface area (Å²) >= 11 is 8.13. The highest BCUT2D eigenvalue weighted by Crippen LogP contribution is 2.24. The topological polar surface area (TPSA) is 67.6 Å². The normalized spacial score (nSPS) is 10.4. The zero-order valence-electron chi connectivity index (χ0n) is 6.96. The molecular formula is C8H6ClIN4. The third-order valence-corrected chi connectivity index (χ3v) is 3.27. The summed E-state index contributed by atoms with van der Waals surface area (Å²) in [7, 11) is 0.